The van der Waals surface area contributed by atoms with Gasteiger partial charge in [-0.15, -0.1) is 0 Å². The number of ether oxygens (including phenoxy) is 4. The first-order valence-electron chi connectivity index (χ1n) is 21.7. The van der Waals surface area contributed by atoms with Gasteiger partial charge in [-0.2, -0.15) is 8.42 Å². The van der Waals surface area contributed by atoms with Gasteiger partial charge >= 0.3 is 11.9 Å². The first-order valence-corrected chi connectivity index (χ1v) is 23.3. The molecule has 0 aliphatic carbocycles. The Labute approximate surface area is 343 Å². The van der Waals surface area contributed by atoms with Gasteiger partial charge in [0.25, 0.3) is 10.1 Å². The zero-order valence-corrected chi connectivity index (χ0v) is 35.7. The Hall–Kier alpha value is -2.39. The number of rotatable bonds is 35. The third kappa shape index (κ3) is 29.5. The number of aliphatic hydroxyl groups excluding tert-OH is 3. The van der Waals surface area contributed by atoms with Crippen LogP contribution in [0, 0.1) is 0 Å². The van der Waals surface area contributed by atoms with E-state index in [1.807, 2.05) is 0 Å². The quantitative estimate of drug-likeness (QED) is 0.0207. The molecule has 1 aliphatic heterocycles. The lowest BCUT2D eigenvalue weighted by Crippen LogP contribution is -2.60. The van der Waals surface area contributed by atoms with Crippen molar-refractivity contribution in [2.45, 2.75) is 198 Å². The first-order chi connectivity index (χ1) is 27.5. The molecule has 0 aromatic carbocycles. The van der Waals surface area contributed by atoms with E-state index in [2.05, 4.69) is 62.5 Å². The Morgan fingerprint density at radius 3 is 1.65 bits per heavy atom. The van der Waals surface area contributed by atoms with Crippen LogP contribution in [0.3, 0.4) is 0 Å². The van der Waals surface area contributed by atoms with E-state index in [0.717, 1.165) is 96.3 Å². The molecule has 1 rings (SSSR count). The molecule has 0 saturated carbocycles. The average molecular weight is 829 g/mol. The number of aliphatic hydroxyl groups is 3. The molecule has 6 unspecified atom stereocenters. The molecule has 0 spiro atoms. The van der Waals surface area contributed by atoms with Crippen molar-refractivity contribution in [3.63, 3.8) is 0 Å². The summed E-state index contributed by atoms with van der Waals surface area (Å²) in [6.07, 6.45) is 30.2. The van der Waals surface area contributed by atoms with Crippen LogP contribution in [0.2, 0.25) is 0 Å². The highest BCUT2D eigenvalue weighted by Gasteiger charge is 2.46. The van der Waals surface area contributed by atoms with Gasteiger partial charge in [-0.3, -0.25) is 14.1 Å². The second-order valence-corrected chi connectivity index (χ2v) is 16.5. The van der Waals surface area contributed by atoms with Gasteiger partial charge in [0.2, 0.25) is 0 Å². The van der Waals surface area contributed by atoms with Crippen LogP contribution < -0.4 is 0 Å². The van der Waals surface area contributed by atoms with E-state index in [1.165, 1.54) is 25.7 Å². The SMILES string of the molecule is CCC/C=C\CCCCCCCC(=O)OCC(COC1OC(CS(=O)(=O)O)C(O)C(O)C1O)OC(=O)CCCCCCCC/C=C\C/C=C\C/C=C\CCCCC. The van der Waals surface area contributed by atoms with Gasteiger partial charge in [0.05, 0.1) is 6.61 Å². The molecular formula is C44H76O12S. The van der Waals surface area contributed by atoms with E-state index in [1.54, 1.807) is 0 Å². The Balaban J connectivity index is 2.46. The minimum atomic E-state index is -4.60. The summed E-state index contributed by atoms with van der Waals surface area (Å²) in [6.45, 7) is 3.63. The summed E-state index contributed by atoms with van der Waals surface area (Å²) < 4.78 is 53.9. The van der Waals surface area contributed by atoms with Crippen molar-refractivity contribution < 1.29 is 56.8 Å². The van der Waals surface area contributed by atoms with Crippen LogP contribution in [-0.4, -0.2) is 96.0 Å². The summed E-state index contributed by atoms with van der Waals surface area (Å²) in [7, 11) is -4.60. The van der Waals surface area contributed by atoms with Crippen LogP contribution in [0.15, 0.2) is 48.6 Å². The molecule has 1 aliphatic rings. The minimum absolute atomic E-state index is 0.146. The lowest BCUT2D eigenvalue weighted by molar-refractivity contribution is -0.297. The van der Waals surface area contributed by atoms with Gasteiger partial charge in [0, 0.05) is 12.8 Å². The fourth-order valence-electron chi connectivity index (χ4n) is 6.21. The zero-order chi connectivity index (χ0) is 42.0. The van der Waals surface area contributed by atoms with Crippen molar-refractivity contribution in [1.29, 1.82) is 0 Å². The van der Waals surface area contributed by atoms with Crippen LogP contribution in [0.4, 0.5) is 0 Å². The van der Waals surface area contributed by atoms with Crippen LogP contribution >= 0.6 is 0 Å². The minimum Gasteiger partial charge on any atom is -0.462 e. The summed E-state index contributed by atoms with van der Waals surface area (Å²) in [5.41, 5.74) is 0. The van der Waals surface area contributed by atoms with Crippen LogP contribution in [0.1, 0.15) is 162 Å². The van der Waals surface area contributed by atoms with Crippen LogP contribution in [0.25, 0.3) is 0 Å². The van der Waals surface area contributed by atoms with Gasteiger partial charge in [-0.25, -0.2) is 0 Å². The van der Waals surface area contributed by atoms with Gasteiger partial charge in [0.1, 0.15) is 36.8 Å². The van der Waals surface area contributed by atoms with Gasteiger partial charge in [-0.1, -0.05) is 127 Å². The number of carbonyl (C=O) groups excluding carboxylic acids is 2. The first kappa shape index (κ1) is 52.6. The van der Waals surface area contributed by atoms with E-state index in [4.69, 9.17) is 18.9 Å². The molecule has 57 heavy (non-hydrogen) atoms. The van der Waals surface area contributed by atoms with Crippen molar-refractivity contribution in [3.8, 4) is 0 Å². The van der Waals surface area contributed by atoms with E-state index in [9.17, 15) is 37.9 Å². The number of hydrogen-bond acceptors (Lipinski definition) is 11. The van der Waals surface area contributed by atoms with Crippen molar-refractivity contribution in [2.24, 2.45) is 0 Å². The fraction of sp³-hybridized carbons (Fsp3) is 0.773. The molecule has 13 heteroatoms. The Bertz CT molecular complexity index is 1250. The Morgan fingerprint density at radius 2 is 1.09 bits per heavy atom. The molecule has 0 bridgehead atoms. The summed E-state index contributed by atoms with van der Waals surface area (Å²) in [5, 5.41) is 30.8. The lowest BCUT2D eigenvalue weighted by Gasteiger charge is -2.40. The van der Waals surface area contributed by atoms with Gasteiger partial charge in [-0.05, 0) is 70.6 Å². The normalized spacial score (nSPS) is 21.0. The summed E-state index contributed by atoms with van der Waals surface area (Å²) >= 11 is 0. The van der Waals surface area contributed by atoms with E-state index >= 15 is 0 Å². The highest BCUT2D eigenvalue weighted by molar-refractivity contribution is 7.85. The molecule has 0 radical (unpaired) electrons. The van der Waals surface area contributed by atoms with Crippen molar-refractivity contribution >= 4 is 22.1 Å². The number of carbonyl (C=O) groups is 2. The Kier molecular flexibility index (Phi) is 31.8. The van der Waals surface area contributed by atoms with Crippen molar-refractivity contribution in [3.05, 3.63) is 48.6 Å². The number of allylic oxidation sites excluding steroid dienone is 8. The average Bonchev–Trinajstić information content (AvgIpc) is 3.17. The predicted octanol–water partition coefficient (Wildman–Crippen LogP) is 8.39. The van der Waals surface area contributed by atoms with E-state index < -0.39 is 71.2 Å². The summed E-state index contributed by atoms with van der Waals surface area (Å²) in [4.78, 5) is 25.3. The molecular weight excluding hydrogens is 753 g/mol. The van der Waals surface area contributed by atoms with E-state index in [-0.39, 0.29) is 19.4 Å². The monoisotopic (exact) mass is 829 g/mol. The maximum Gasteiger partial charge on any atom is 0.306 e. The van der Waals surface area contributed by atoms with Crippen LogP contribution in [0.5, 0.6) is 0 Å². The molecule has 0 aromatic rings. The van der Waals surface area contributed by atoms with Crippen molar-refractivity contribution in [1.82, 2.24) is 0 Å². The number of esters is 2. The van der Waals surface area contributed by atoms with Crippen LogP contribution in [-0.2, 0) is 38.7 Å². The third-order valence-corrected chi connectivity index (χ3v) is 10.4. The molecule has 6 atom stereocenters. The molecule has 1 saturated heterocycles. The van der Waals surface area contributed by atoms with Crippen molar-refractivity contribution in [2.75, 3.05) is 19.0 Å². The molecule has 12 nitrogen and oxygen atoms in total. The maximum absolute atomic E-state index is 12.8. The highest BCUT2D eigenvalue weighted by Crippen LogP contribution is 2.24. The second kappa shape index (κ2) is 34.5. The largest absolute Gasteiger partial charge is 0.462 e. The standard InChI is InChI=1S/C44H76O12S/c1-3-5-7-9-11-13-15-16-17-18-19-20-21-22-23-25-27-29-31-33-40(46)55-37(34-53-39(45)32-30-28-26-24-14-12-10-8-6-4-2)35-54-44-43(49)42(48)41(47)38(56-44)36-57(50,51)52/h8,10-11,13,16-17,19-20,37-38,41-44,47-49H,3-7,9,12,14-15,18,21-36H2,1-2H3,(H,50,51,52)/b10-8-,13-11-,17-16-,20-19-. The molecule has 0 amide bonds. The molecule has 0 aromatic heterocycles. The highest BCUT2D eigenvalue weighted by atomic mass is 32.2. The number of unbranched alkanes of at least 4 members (excludes halogenated alkanes) is 15. The smallest absolute Gasteiger partial charge is 0.306 e. The molecule has 4 N–H and O–H groups in total. The third-order valence-electron chi connectivity index (χ3n) is 9.61. The lowest BCUT2D eigenvalue weighted by atomic mass is 10.00. The Morgan fingerprint density at radius 1 is 0.596 bits per heavy atom. The van der Waals surface area contributed by atoms with Gasteiger partial charge in [0.15, 0.2) is 12.4 Å². The topological polar surface area (TPSA) is 186 Å². The summed E-state index contributed by atoms with van der Waals surface area (Å²) in [6, 6.07) is 0. The fourth-order valence-corrected chi connectivity index (χ4v) is 6.90. The zero-order valence-electron chi connectivity index (χ0n) is 34.9. The summed E-state index contributed by atoms with van der Waals surface area (Å²) in [5.74, 6) is -2.02. The second-order valence-electron chi connectivity index (χ2n) is 15.0. The number of hydrogen-bond donors (Lipinski definition) is 4. The van der Waals surface area contributed by atoms with Gasteiger partial charge < -0.3 is 34.3 Å². The molecule has 1 fully saturated rings. The van der Waals surface area contributed by atoms with E-state index in [0.29, 0.717) is 12.8 Å². The maximum atomic E-state index is 12.8. The predicted molar refractivity (Wildman–Crippen MR) is 224 cm³/mol. The molecule has 1 heterocycles. The molecule has 330 valence electrons.